The standard InChI is InChI=1S/C20H26N4O3S/c1-19(2,3)16(26)22-13-9-12(15(25)24-18-21-7-8-28-18)10-14(11-13)23-17(27)20(4,5)6/h7-11H,1-6H3,(H,22,26)(H,23,27)(H,21,24,25). The van der Waals surface area contributed by atoms with Gasteiger partial charge in [-0.15, -0.1) is 11.3 Å². The topological polar surface area (TPSA) is 100 Å². The van der Waals surface area contributed by atoms with Gasteiger partial charge in [-0.05, 0) is 18.2 Å². The molecule has 8 heteroatoms. The molecule has 0 bridgehead atoms. The van der Waals surface area contributed by atoms with Crippen LogP contribution in [0.25, 0.3) is 0 Å². The SMILES string of the molecule is CC(C)(C)C(=O)Nc1cc(NC(=O)C(C)(C)C)cc(C(=O)Nc2nccs2)c1. The molecule has 1 heterocycles. The van der Waals surface area contributed by atoms with Crippen LogP contribution in [0.15, 0.2) is 29.8 Å². The Hall–Kier alpha value is -2.74. The predicted molar refractivity (Wildman–Crippen MR) is 113 cm³/mol. The Morgan fingerprint density at radius 3 is 1.71 bits per heavy atom. The molecule has 1 aromatic carbocycles. The van der Waals surface area contributed by atoms with E-state index in [-0.39, 0.29) is 17.7 Å². The van der Waals surface area contributed by atoms with Crippen LogP contribution < -0.4 is 16.0 Å². The highest BCUT2D eigenvalue weighted by molar-refractivity contribution is 7.13. The molecule has 3 amide bonds. The number of anilines is 3. The van der Waals surface area contributed by atoms with Gasteiger partial charge in [-0.1, -0.05) is 41.5 Å². The van der Waals surface area contributed by atoms with Gasteiger partial charge in [0.05, 0.1) is 0 Å². The van der Waals surface area contributed by atoms with Gasteiger partial charge >= 0.3 is 0 Å². The highest BCUT2D eigenvalue weighted by atomic mass is 32.1. The molecular formula is C20H26N4O3S. The number of thiazole rings is 1. The van der Waals surface area contributed by atoms with E-state index in [2.05, 4.69) is 20.9 Å². The fourth-order valence-electron chi connectivity index (χ4n) is 1.99. The molecular weight excluding hydrogens is 376 g/mol. The normalized spacial score (nSPS) is 11.6. The number of nitrogens with zero attached hydrogens (tertiary/aromatic N) is 1. The lowest BCUT2D eigenvalue weighted by molar-refractivity contribution is -0.123. The number of amides is 3. The van der Waals surface area contributed by atoms with Gasteiger partial charge in [-0.3, -0.25) is 19.7 Å². The van der Waals surface area contributed by atoms with E-state index in [1.807, 2.05) is 0 Å². The molecule has 0 saturated carbocycles. The lowest BCUT2D eigenvalue weighted by Gasteiger charge is -2.20. The zero-order chi connectivity index (χ0) is 21.1. The van der Waals surface area contributed by atoms with Crippen LogP contribution in [0.4, 0.5) is 16.5 Å². The molecule has 28 heavy (non-hydrogen) atoms. The van der Waals surface area contributed by atoms with Crippen molar-refractivity contribution >= 4 is 45.6 Å². The minimum atomic E-state index is -0.603. The molecule has 0 aliphatic heterocycles. The average Bonchev–Trinajstić information content (AvgIpc) is 3.05. The molecule has 7 nitrogen and oxygen atoms in total. The first-order valence-corrected chi connectivity index (χ1v) is 9.73. The lowest BCUT2D eigenvalue weighted by atomic mass is 9.95. The van der Waals surface area contributed by atoms with Crippen molar-refractivity contribution in [1.82, 2.24) is 4.98 Å². The van der Waals surface area contributed by atoms with Gasteiger partial charge in [0, 0.05) is 39.3 Å². The summed E-state index contributed by atoms with van der Waals surface area (Å²) in [4.78, 5) is 41.4. The van der Waals surface area contributed by atoms with E-state index in [4.69, 9.17) is 0 Å². The highest BCUT2D eigenvalue weighted by Gasteiger charge is 2.24. The third-order valence-electron chi connectivity index (χ3n) is 3.73. The number of benzene rings is 1. The number of aromatic nitrogens is 1. The fourth-order valence-corrected chi connectivity index (χ4v) is 2.52. The zero-order valence-corrected chi connectivity index (χ0v) is 17.8. The summed E-state index contributed by atoms with van der Waals surface area (Å²) < 4.78 is 0. The molecule has 0 fully saturated rings. The third kappa shape index (κ3) is 5.88. The molecule has 3 N–H and O–H groups in total. The Morgan fingerprint density at radius 2 is 1.32 bits per heavy atom. The second-order valence-corrected chi connectivity index (χ2v) is 9.39. The first kappa shape index (κ1) is 21.6. The second-order valence-electron chi connectivity index (χ2n) is 8.50. The quantitative estimate of drug-likeness (QED) is 0.707. The lowest BCUT2D eigenvalue weighted by Crippen LogP contribution is -2.29. The first-order valence-electron chi connectivity index (χ1n) is 8.85. The number of hydrogen-bond donors (Lipinski definition) is 3. The molecule has 1 aromatic heterocycles. The molecule has 0 aliphatic carbocycles. The number of hydrogen-bond acceptors (Lipinski definition) is 5. The van der Waals surface area contributed by atoms with Crippen molar-refractivity contribution in [1.29, 1.82) is 0 Å². The summed E-state index contributed by atoms with van der Waals surface area (Å²) in [6.07, 6.45) is 1.59. The van der Waals surface area contributed by atoms with Gasteiger partial charge in [0.2, 0.25) is 11.8 Å². The van der Waals surface area contributed by atoms with Crippen LogP contribution in [-0.4, -0.2) is 22.7 Å². The van der Waals surface area contributed by atoms with E-state index in [0.717, 1.165) is 0 Å². The molecule has 2 aromatic rings. The van der Waals surface area contributed by atoms with Crippen molar-refractivity contribution in [3.8, 4) is 0 Å². The fraction of sp³-hybridized carbons (Fsp3) is 0.400. The second kappa shape index (κ2) is 8.10. The predicted octanol–water partition coefficient (Wildman–Crippen LogP) is 4.36. The summed E-state index contributed by atoms with van der Waals surface area (Å²) in [5.41, 5.74) is -0.0555. The minimum absolute atomic E-state index is 0.196. The van der Waals surface area contributed by atoms with Crippen molar-refractivity contribution in [2.45, 2.75) is 41.5 Å². The molecule has 0 atom stereocenters. The number of rotatable bonds is 4. The molecule has 0 saturated heterocycles. The van der Waals surface area contributed by atoms with Crippen molar-refractivity contribution in [3.05, 3.63) is 35.3 Å². The maximum atomic E-state index is 12.6. The van der Waals surface area contributed by atoms with Crippen LogP contribution in [0.1, 0.15) is 51.9 Å². The molecule has 0 aliphatic rings. The van der Waals surface area contributed by atoms with Crippen molar-refractivity contribution in [2.24, 2.45) is 10.8 Å². The van der Waals surface area contributed by atoms with Crippen LogP contribution in [0, 0.1) is 10.8 Å². The summed E-state index contributed by atoms with van der Waals surface area (Å²) in [5.74, 6) is -0.774. The summed E-state index contributed by atoms with van der Waals surface area (Å²) in [6, 6.07) is 4.77. The third-order valence-corrected chi connectivity index (χ3v) is 4.41. The van der Waals surface area contributed by atoms with Gasteiger partial charge in [-0.2, -0.15) is 0 Å². The van der Waals surface area contributed by atoms with E-state index in [1.54, 1.807) is 71.3 Å². The van der Waals surface area contributed by atoms with Crippen molar-refractivity contribution in [2.75, 3.05) is 16.0 Å². The maximum absolute atomic E-state index is 12.6. The van der Waals surface area contributed by atoms with E-state index >= 15 is 0 Å². The monoisotopic (exact) mass is 402 g/mol. The number of nitrogens with one attached hydrogen (secondary N) is 3. The van der Waals surface area contributed by atoms with E-state index in [1.165, 1.54) is 11.3 Å². The Balaban J connectivity index is 2.35. The average molecular weight is 403 g/mol. The van der Waals surface area contributed by atoms with Crippen molar-refractivity contribution in [3.63, 3.8) is 0 Å². The molecule has 150 valence electrons. The molecule has 0 radical (unpaired) electrons. The smallest absolute Gasteiger partial charge is 0.257 e. The van der Waals surface area contributed by atoms with Crippen LogP contribution in [0.5, 0.6) is 0 Å². The summed E-state index contributed by atoms with van der Waals surface area (Å²) >= 11 is 1.30. The zero-order valence-electron chi connectivity index (χ0n) is 17.0. The van der Waals surface area contributed by atoms with Crippen LogP contribution >= 0.6 is 11.3 Å². The Kier molecular flexibility index (Phi) is 6.23. The number of carbonyl (C=O) groups excluding carboxylic acids is 3. The Labute approximate surface area is 168 Å². The Morgan fingerprint density at radius 1 is 0.821 bits per heavy atom. The van der Waals surface area contributed by atoms with Crippen LogP contribution in [0.2, 0.25) is 0 Å². The van der Waals surface area contributed by atoms with Crippen LogP contribution in [0.3, 0.4) is 0 Å². The molecule has 2 rings (SSSR count). The summed E-state index contributed by atoms with van der Waals surface area (Å²) in [6.45, 7) is 10.8. The Bertz CT molecular complexity index is 832. The summed E-state index contributed by atoms with van der Waals surface area (Å²) in [7, 11) is 0. The van der Waals surface area contributed by atoms with Gasteiger partial charge in [0.25, 0.3) is 5.91 Å². The largest absolute Gasteiger partial charge is 0.326 e. The van der Waals surface area contributed by atoms with Crippen LogP contribution in [-0.2, 0) is 9.59 Å². The molecule has 0 unspecified atom stereocenters. The van der Waals surface area contributed by atoms with Gasteiger partial charge in [0.15, 0.2) is 5.13 Å². The van der Waals surface area contributed by atoms with E-state index < -0.39 is 10.8 Å². The van der Waals surface area contributed by atoms with E-state index in [0.29, 0.717) is 22.1 Å². The maximum Gasteiger partial charge on any atom is 0.257 e. The first-order chi connectivity index (χ1) is 12.9. The minimum Gasteiger partial charge on any atom is -0.326 e. The van der Waals surface area contributed by atoms with Crippen molar-refractivity contribution < 1.29 is 14.4 Å². The number of carbonyl (C=O) groups is 3. The summed E-state index contributed by atoms with van der Waals surface area (Å²) in [5, 5.41) is 10.5. The van der Waals surface area contributed by atoms with Gasteiger partial charge < -0.3 is 10.6 Å². The van der Waals surface area contributed by atoms with Gasteiger partial charge in [0.1, 0.15) is 0 Å². The van der Waals surface area contributed by atoms with E-state index in [9.17, 15) is 14.4 Å². The molecule has 0 spiro atoms. The van der Waals surface area contributed by atoms with Gasteiger partial charge in [-0.25, -0.2) is 4.98 Å². The highest BCUT2D eigenvalue weighted by Crippen LogP contribution is 2.25.